The third-order valence-electron chi connectivity index (χ3n) is 4.66. The molecule has 0 radical (unpaired) electrons. The van der Waals surface area contributed by atoms with Crippen LogP contribution in [0, 0.1) is 5.82 Å². The van der Waals surface area contributed by atoms with Crippen molar-refractivity contribution >= 4 is 41.5 Å². The first kappa shape index (κ1) is 23.6. The Morgan fingerprint density at radius 3 is 2.85 bits per heavy atom. The van der Waals surface area contributed by atoms with E-state index in [1.807, 2.05) is 0 Å². The lowest BCUT2D eigenvalue weighted by Crippen LogP contribution is -2.47. The predicted molar refractivity (Wildman–Crippen MR) is 119 cm³/mol. The highest BCUT2D eigenvalue weighted by Gasteiger charge is 2.19. The summed E-state index contributed by atoms with van der Waals surface area (Å²) in [5.41, 5.74) is 0.440. The van der Waals surface area contributed by atoms with Crippen LogP contribution >= 0.6 is 24.0 Å². The minimum Gasteiger partial charge on any atom is -0.355 e. The molecule has 6 nitrogen and oxygen atoms in total. The van der Waals surface area contributed by atoms with Gasteiger partial charge in [0.05, 0.1) is 6.54 Å². The van der Waals surface area contributed by atoms with Gasteiger partial charge in [0.25, 0.3) is 0 Å². The van der Waals surface area contributed by atoms with Crippen molar-refractivity contribution in [1.29, 1.82) is 0 Å². The van der Waals surface area contributed by atoms with Gasteiger partial charge >= 0.3 is 0 Å². The smallest absolute Gasteiger partial charge is 0.243 e. The summed E-state index contributed by atoms with van der Waals surface area (Å²) >= 11 is 0. The lowest BCUT2D eigenvalue weighted by atomic mass is 10.0. The molecule has 0 aliphatic carbocycles. The first-order chi connectivity index (χ1) is 12.6. The lowest BCUT2D eigenvalue weighted by Gasteiger charge is -2.35. The van der Waals surface area contributed by atoms with Crippen molar-refractivity contribution in [2.75, 3.05) is 38.5 Å². The summed E-state index contributed by atoms with van der Waals surface area (Å²) in [6.45, 7) is 5.21. The van der Waals surface area contributed by atoms with Gasteiger partial charge in [0, 0.05) is 31.9 Å². The van der Waals surface area contributed by atoms with Crippen molar-refractivity contribution in [1.82, 2.24) is 15.5 Å². The molecule has 2 rings (SSSR count). The van der Waals surface area contributed by atoms with Crippen LogP contribution in [-0.2, 0) is 4.79 Å². The monoisotopic (exact) mass is 491 g/mol. The fourth-order valence-corrected chi connectivity index (χ4v) is 3.29. The highest BCUT2D eigenvalue weighted by atomic mass is 127. The number of hydrogen-bond donors (Lipinski definition) is 3. The third-order valence-corrected chi connectivity index (χ3v) is 4.66. The molecule has 1 atom stereocenters. The second kappa shape index (κ2) is 12.9. The summed E-state index contributed by atoms with van der Waals surface area (Å²) in [5.74, 6) is -0.0404. The zero-order valence-corrected chi connectivity index (χ0v) is 18.5. The number of benzene rings is 1. The maximum absolute atomic E-state index is 13.1. The van der Waals surface area contributed by atoms with Crippen molar-refractivity contribution in [3.8, 4) is 0 Å². The van der Waals surface area contributed by atoms with Gasteiger partial charge in [0.1, 0.15) is 5.82 Å². The van der Waals surface area contributed by atoms with E-state index in [2.05, 4.69) is 32.8 Å². The Morgan fingerprint density at radius 1 is 1.33 bits per heavy atom. The number of anilines is 1. The Morgan fingerprint density at radius 2 is 2.15 bits per heavy atom. The number of carbonyl (C=O) groups excluding carboxylic acids is 1. The highest BCUT2D eigenvalue weighted by Crippen LogP contribution is 2.18. The fraction of sp³-hybridized carbons (Fsp3) is 0.579. The van der Waals surface area contributed by atoms with Crippen LogP contribution < -0.4 is 16.0 Å². The van der Waals surface area contributed by atoms with Crippen LogP contribution in [-0.4, -0.2) is 56.0 Å². The summed E-state index contributed by atoms with van der Waals surface area (Å²) in [6.07, 6.45) is 5.06. The molecule has 8 heteroatoms. The number of piperidine rings is 1. The summed E-state index contributed by atoms with van der Waals surface area (Å²) in [4.78, 5) is 18.6. The van der Waals surface area contributed by atoms with E-state index in [0.717, 1.165) is 19.6 Å². The van der Waals surface area contributed by atoms with Crippen LogP contribution in [0.2, 0.25) is 0 Å². The number of carbonyl (C=O) groups is 1. The van der Waals surface area contributed by atoms with Gasteiger partial charge in [-0.05, 0) is 44.0 Å². The van der Waals surface area contributed by atoms with Crippen molar-refractivity contribution in [2.24, 2.45) is 4.99 Å². The summed E-state index contributed by atoms with van der Waals surface area (Å²) < 4.78 is 13.1. The molecule has 1 aliphatic rings. The average molecular weight is 491 g/mol. The van der Waals surface area contributed by atoms with E-state index >= 15 is 0 Å². The summed E-state index contributed by atoms with van der Waals surface area (Å²) in [6, 6.07) is 6.51. The van der Waals surface area contributed by atoms with E-state index < -0.39 is 0 Å². The maximum atomic E-state index is 13.1. The highest BCUT2D eigenvalue weighted by molar-refractivity contribution is 14.0. The molecule has 1 unspecified atom stereocenters. The molecule has 0 saturated carbocycles. The molecule has 0 spiro atoms. The van der Waals surface area contributed by atoms with Gasteiger partial charge in [-0.2, -0.15) is 0 Å². The van der Waals surface area contributed by atoms with Crippen molar-refractivity contribution in [2.45, 2.75) is 38.6 Å². The quantitative estimate of drug-likeness (QED) is 0.312. The third kappa shape index (κ3) is 8.42. The second-order valence-corrected chi connectivity index (χ2v) is 6.50. The van der Waals surface area contributed by atoms with Gasteiger partial charge < -0.3 is 16.0 Å². The molecule has 3 N–H and O–H groups in total. The van der Waals surface area contributed by atoms with Gasteiger partial charge in [-0.15, -0.1) is 24.0 Å². The maximum Gasteiger partial charge on any atom is 0.243 e. The van der Waals surface area contributed by atoms with E-state index in [4.69, 9.17) is 0 Å². The second-order valence-electron chi connectivity index (χ2n) is 6.50. The number of rotatable bonds is 7. The Balaban J connectivity index is 0.00000364. The topological polar surface area (TPSA) is 68.8 Å². The fourth-order valence-electron chi connectivity index (χ4n) is 3.29. The van der Waals surface area contributed by atoms with Crippen LogP contribution in [0.3, 0.4) is 0 Å². The van der Waals surface area contributed by atoms with Gasteiger partial charge in [0.15, 0.2) is 5.96 Å². The standard InChI is InChI=1S/C19H30FN5O.HI/c1-3-17-9-4-5-11-25(17)12-10-22-19(21-2)23-14-18(26)24-16-8-6-7-15(20)13-16;/h6-8,13,17H,3-5,9-12,14H2,1-2H3,(H,24,26)(H2,21,22,23);1H. The lowest BCUT2D eigenvalue weighted by molar-refractivity contribution is -0.115. The molecule has 0 bridgehead atoms. The molecule has 1 aromatic carbocycles. The molecular weight excluding hydrogens is 460 g/mol. The number of amides is 1. The van der Waals surface area contributed by atoms with Crippen molar-refractivity contribution in [3.05, 3.63) is 30.1 Å². The molecular formula is C19H31FIN5O. The van der Waals surface area contributed by atoms with Crippen LogP contribution in [0.4, 0.5) is 10.1 Å². The normalized spacial score (nSPS) is 17.7. The first-order valence-electron chi connectivity index (χ1n) is 9.36. The van der Waals surface area contributed by atoms with Crippen LogP contribution in [0.25, 0.3) is 0 Å². The molecule has 0 aromatic heterocycles. The number of likely N-dealkylation sites (tertiary alicyclic amines) is 1. The van der Waals surface area contributed by atoms with Gasteiger partial charge in [-0.3, -0.25) is 14.7 Å². The van der Waals surface area contributed by atoms with Crippen LogP contribution in [0.5, 0.6) is 0 Å². The molecule has 1 aliphatic heterocycles. The molecule has 152 valence electrons. The molecule has 1 saturated heterocycles. The number of nitrogens with zero attached hydrogens (tertiary/aromatic N) is 2. The molecule has 1 aromatic rings. The Bertz CT molecular complexity index is 614. The number of nitrogens with one attached hydrogen (secondary N) is 3. The predicted octanol–water partition coefficient (Wildman–Crippen LogP) is 2.81. The largest absolute Gasteiger partial charge is 0.355 e. The summed E-state index contributed by atoms with van der Waals surface area (Å²) in [5, 5.41) is 8.88. The van der Waals surface area contributed by atoms with E-state index in [0.29, 0.717) is 17.7 Å². The minimum absolute atomic E-state index is 0. The van der Waals surface area contributed by atoms with Crippen LogP contribution in [0.15, 0.2) is 29.3 Å². The Kier molecular flexibility index (Phi) is 11.3. The average Bonchev–Trinajstić information content (AvgIpc) is 2.64. The molecule has 27 heavy (non-hydrogen) atoms. The summed E-state index contributed by atoms with van der Waals surface area (Å²) in [7, 11) is 1.68. The van der Waals surface area contributed by atoms with E-state index in [9.17, 15) is 9.18 Å². The van der Waals surface area contributed by atoms with Crippen molar-refractivity contribution < 1.29 is 9.18 Å². The number of hydrogen-bond acceptors (Lipinski definition) is 3. The van der Waals surface area contributed by atoms with Gasteiger partial charge in [-0.25, -0.2) is 4.39 Å². The first-order valence-corrected chi connectivity index (χ1v) is 9.36. The Hall–Kier alpha value is -1.42. The number of halogens is 2. The molecule has 1 fully saturated rings. The number of aliphatic imine (C=N–C) groups is 1. The van der Waals surface area contributed by atoms with Gasteiger partial charge in [-0.1, -0.05) is 19.4 Å². The number of guanidine groups is 1. The van der Waals surface area contributed by atoms with Gasteiger partial charge in [0.2, 0.25) is 5.91 Å². The minimum atomic E-state index is -0.378. The zero-order valence-electron chi connectivity index (χ0n) is 16.1. The van der Waals surface area contributed by atoms with E-state index in [1.54, 1.807) is 19.2 Å². The zero-order chi connectivity index (χ0) is 18.8. The SMILES string of the molecule is CCC1CCCCN1CCNC(=NC)NCC(=O)Nc1cccc(F)c1.I. The van der Waals surface area contributed by atoms with E-state index in [1.165, 1.54) is 37.8 Å². The van der Waals surface area contributed by atoms with Crippen molar-refractivity contribution in [3.63, 3.8) is 0 Å². The van der Waals surface area contributed by atoms with Crippen LogP contribution in [0.1, 0.15) is 32.6 Å². The molecule has 1 heterocycles. The molecule has 1 amide bonds. The Labute approximate surface area is 178 Å². The van der Waals surface area contributed by atoms with E-state index in [-0.39, 0.29) is 42.2 Å².